The predicted octanol–water partition coefficient (Wildman–Crippen LogP) is 1.61. The fourth-order valence-electron chi connectivity index (χ4n) is 2.12. The van der Waals surface area contributed by atoms with Crippen LogP contribution in [0.15, 0.2) is 23.2 Å². The molecule has 1 fully saturated rings. The number of sulfone groups is 1. The van der Waals surface area contributed by atoms with Crippen molar-refractivity contribution in [2.45, 2.75) is 31.9 Å². The first kappa shape index (κ1) is 14.8. The monoisotopic (exact) mass is 295 g/mol. The molecule has 5 nitrogen and oxygen atoms in total. The number of rotatable bonds is 5. The van der Waals surface area contributed by atoms with Crippen molar-refractivity contribution in [3.8, 4) is 0 Å². The van der Waals surface area contributed by atoms with Crippen molar-refractivity contribution in [1.82, 2.24) is 0 Å². The van der Waals surface area contributed by atoms with Crippen LogP contribution in [0.25, 0.3) is 0 Å². The van der Waals surface area contributed by atoms with Crippen molar-refractivity contribution in [3.05, 3.63) is 29.3 Å². The molecule has 110 valence electrons. The molecule has 20 heavy (non-hydrogen) atoms. The normalized spacial score (nSPS) is 16.2. The first-order valence-electron chi connectivity index (χ1n) is 6.73. The number of aliphatic imine (C=N–C) groups is 1. The smallest absolute Gasteiger partial charge is 0.193 e. The van der Waals surface area contributed by atoms with Crippen LogP contribution in [0, 0.1) is 13.8 Å². The fourth-order valence-corrected chi connectivity index (χ4v) is 3.65. The SMILES string of the molecule is Cc1cc(C)cc(NC(N)=NCCS(=O)(=O)C2CC2)c1. The maximum atomic E-state index is 11.7. The number of nitrogens with one attached hydrogen (secondary N) is 1. The molecule has 0 amide bonds. The summed E-state index contributed by atoms with van der Waals surface area (Å²) in [5, 5.41) is 2.85. The van der Waals surface area contributed by atoms with E-state index in [0.717, 1.165) is 29.7 Å². The van der Waals surface area contributed by atoms with Crippen LogP contribution < -0.4 is 11.1 Å². The summed E-state index contributed by atoms with van der Waals surface area (Å²) < 4.78 is 23.4. The average molecular weight is 295 g/mol. The average Bonchev–Trinajstić information content (AvgIpc) is 3.10. The molecule has 0 heterocycles. The van der Waals surface area contributed by atoms with Crippen LogP contribution in [-0.2, 0) is 9.84 Å². The maximum absolute atomic E-state index is 11.7. The van der Waals surface area contributed by atoms with Gasteiger partial charge in [0.15, 0.2) is 15.8 Å². The molecule has 2 rings (SSSR count). The van der Waals surface area contributed by atoms with E-state index >= 15 is 0 Å². The lowest BCUT2D eigenvalue weighted by Crippen LogP contribution is -2.24. The van der Waals surface area contributed by atoms with Crippen LogP contribution in [0.4, 0.5) is 5.69 Å². The van der Waals surface area contributed by atoms with Crippen LogP contribution in [0.3, 0.4) is 0 Å². The van der Waals surface area contributed by atoms with Crippen LogP contribution in [0.1, 0.15) is 24.0 Å². The van der Waals surface area contributed by atoms with Gasteiger partial charge in [0.05, 0.1) is 17.5 Å². The van der Waals surface area contributed by atoms with E-state index in [0.29, 0.717) is 0 Å². The van der Waals surface area contributed by atoms with Crippen LogP contribution in [0.2, 0.25) is 0 Å². The summed E-state index contributed by atoms with van der Waals surface area (Å²) in [6, 6.07) is 6.01. The van der Waals surface area contributed by atoms with E-state index in [1.165, 1.54) is 0 Å². The molecule has 0 radical (unpaired) electrons. The molecule has 0 spiro atoms. The van der Waals surface area contributed by atoms with Gasteiger partial charge in [-0.1, -0.05) is 6.07 Å². The lowest BCUT2D eigenvalue weighted by Gasteiger charge is -2.08. The first-order valence-corrected chi connectivity index (χ1v) is 8.45. The van der Waals surface area contributed by atoms with E-state index < -0.39 is 9.84 Å². The minimum atomic E-state index is -2.96. The van der Waals surface area contributed by atoms with Gasteiger partial charge in [-0.3, -0.25) is 4.99 Å². The molecule has 0 atom stereocenters. The van der Waals surface area contributed by atoms with Gasteiger partial charge in [0.1, 0.15) is 0 Å². The van der Waals surface area contributed by atoms with Gasteiger partial charge in [0.2, 0.25) is 0 Å². The molecule has 0 aromatic heterocycles. The standard InChI is InChI=1S/C14H21N3O2S/c1-10-7-11(2)9-12(8-10)17-14(15)16-5-6-20(18,19)13-3-4-13/h7-9,13H,3-6H2,1-2H3,(H3,15,16,17). The van der Waals surface area contributed by atoms with Crippen molar-refractivity contribution < 1.29 is 8.42 Å². The highest BCUT2D eigenvalue weighted by Crippen LogP contribution is 2.28. The lowest BCUT2D eigenvalue weighted by atomic mass is 10.1. The molecule has 1 aliphatic rings. The molecule has 0 unspecified atom stereocenters. The zero-order valence-electron chi connectivity index (χ0n) is 11.9. The molecule has 1 aliphatic carbocycles. The maximum Gasteiger partial charge on any atom is 0.193 e. The van der Waals surface area contributed by atoms with Gasteiger partial charge in [-0.2, -0.15) is 0 Å². The van der Waals surface area contributed by atoms with Gasteiger partial charge >= 0.3 is 0 Å². The molecule has 0 saturated heterocycles. The number of hydrogen-bond donors (Lipinski definition) is 2. The summed E-state index contributed by atoms with van der Waals surface area (Å²) in [6.45, 7) is 4.23. The molecule has 6 heteroatoms. The second-order valence-corrected chi connectivity index (χ2v) is 7.74. The second-order valence-electron chi connectivity index (χ2n) is 5.33. The number of aryl methyl sites for hydroxylation is 2. The third-order valence-electron chi connectivity index (χ3n) is 3.18. The Bertz CT molecular complexity index is 599. The summed E-state index contributed by atoms with van der Waals surface area (Å²) in [5.41, 5.74) is 8.91. The van der Waals surface area contributed by atoms with Crippen molar-refractivity contribution in [1.29, 1.82) is 0 Å². The van der Waals surface area contributed by atoms with Gasteiger partial charge in [-0.25, -0.2) is 8.42 Å². The predicted molar refractivity (Wildman–Crippen MR) is 82.8 cm³/mol. The van der Waals surface area contributed by atoms with Crippen molar-refractivity contribution in [2.24, 2.45) is 10.7 Å². The largest absolute Gasteiger partial charge is 0.370 e. The van der Waals surface area contributed by atoms with E-state index in [1.807, 2.05) is 26.0 Å². The van der Waals surface area contributed by atoms with Gasteiger partial charge < -0.3 is 11.1 Å². The van der Waals surface area contributed by atoms with Gasteiger partial charge in [-0.15, -0.1) is 0 Å². The third kappa shape index (κ3) is 4.23. The van der Waals surface area contributed by atoms with E-state index in [2.05, 4.69) is 16.4 Å². The highest BCUT2D eigenvalue weighted by Gasteiger charge is 2.34. The molecule has 0 bridgehead atoms. The number of anilines is 1. The summed E-state index contributed by atoms with van der Waals surface area (Å²) in [7, 11) is -2.96. The Labute approximate surface area is 120 Å². The van der Waals surface area contributed by atoms with Crippen LogP contribution in [-0.4, -0.2) is 31.9 Å². The summed E-state index contributed by atoms with van der Waals surface area (Å²) in [5.74, 6) is 0.327. The lowest BCUT2D eigenvalue weighted by molar-refractivity contribution is 0.594. The Balaban J connectivity index is 1.90. The Hall–Kier alpha value is -1.56. The fraction of sp³-hybridized carbons (Fsp3) is 0.500. The summed E-state index contributed by atoms with van der Waals surface area (Å²) in [6.07, 6.45) is 1.59. The van der Waals surface area contributed by atoms with Crippen LogP contribution in [0.5, 0.6) is 0 Å². The summed E-state index contributed by atoms with van der Waals surface area (Å²) >= 11 is 0. The number of nitrogens with zero attached hydrogens (tertiary/aromatic N) is 1. The number of nitrogens with two attached hydrogens (primary N) is 1. The zero-order valence-corrected chi connectivity index (χ0v) is 12.7. The van der Waals surface area contributed by atoms with E-state index in [-0.39, 0.29) is 23.5 Å². The Morgan fingerprint density at radius 3 is 2.45 bits per heavy atom. The first-order chi connectivity index (χ1) is 9.37. The number of guanidine groups is 1. The Kier molecular flexibility index (Phi) is 4.32. The second kappa shape index (κ2) is 5.83. The highest BCUT2D eigenvalue weighted by atomic mass is 32.2. The van der Waals surface area contributed by atoms with Crippen molar-refractivity contribution in [3.63, 3.8) is 0 Å². The summed E-state index contributed by atoms with van der Waals surface area (Å²) in [4.78, 5) is 4.08. The molecular formula is C14H21N3O2S. The Morgan fingerprint density at radius 1 is 1.30 bits per heavy atom. The number of benzene rings is 1. The highest BCUT2D eigenvalue weighted by molar-refractivity contribution is 7.92. The van der Waals surface area contributed by atoms with E-state index in [9.17, 15) is 8.42 Å². The Morgan fingerprint density at radius 2 is 1.90 bits per heavy atom. The quantitative estimate of drug-likeness (QED) is 0.638. The molecular weight excluding hydrogens is 274 g/mol. The third-order valence-corrected chi connectivity index (χ3v) is 5.42. The molecule has 1 aromatic carbocycles. The van der Waals surface area contributed by atoms with Crippen LogP contribution >= 0.6 is 0 Å². The molecule has 1 aromatic rings. The topological polar surface area (TPSA) is 84.5 Å². The number of hydrogen-bond acceptors (Lipinski definition) is 3. The minimum Gasteiger partial charge on any atom is -0.370 e. The molecule has 0 aliphatic heterocycles. The zero-order chi connectivity index (χ0) is 14.8. The van der Waals surface area contributed by atoms with Gasteiger partial charge in [0, 0.05) is 5.69 Å². The van der Waals surface area contributed by atoms with Gasteiger partial charge in [-0.05, 0) is 49.9 Å². The van der Waals surface area contributed by atoms with Crippen molar-refractivity contribution in [2.75, 3.05) is 17.6 Å². The van der Waals surface area contributed by atoms with Gasteiger partial charge in [0.25, 0.3) is 0 Å². The van der Waals surface area contributed by atoms with E-state index in [4.69, 9.17) is 5.73 Å². The van der Waals surface area contributed by atoms with Crippen molar-refractivity contribution >= 4 is 21.5 Å². The van der Waals surface area contributed by atoms with E-state index in [1.54, 1.807) is 0 Å². The molecule has 3 N–H and O–H groups in total. The minimum absolute atomic E-state index is 0.0763. The molecule has 1 saturated carbocycles.